The number of hydrogen-bond donors (Lipinski definition) is 1. The molecule has 0 bridgehead atoms. The molecule has 0 saturated carbocycles. The minimum absolute atomic E-state index is 0.00271. The predicted molar refractivity (Wildman–Crippen MR) is 134 cm³/mol. The van der Waals surface area contributed by atoms with Crippen LogP contribution in [0.25, 0.3) is 0 Å². The number of ketones is 1. The van der Waals surface area contributed by atoms with E-state index in [1.54, 1.807) is 48.5 Å². The zero-order chi connectivity index (χ0) is 25.7. The number of nitrogens with one attached hydrogen (secondary N) is 1. The summed E-state index contributed by atoms with van der Waals surface area (Å²) in [5.74, 6) is -0.799. The Kier molecular flexibility index (Phi) is 7.44. The summed E-state index contributed by atoms with van der Waals surface area (Å²) in [5.41, 5.74) is 2.68. The number of anilines is 2. The Balaban J connectivity index is 1.28. The average Bonchev–Trinajstić information content (AvgIpc) is 3.26. The lowest BCUT2D eigenvalue weighted by Gasteiger charge is -2.17. The highest BCUT2D eigenvalue weighted by molar-refractivity contribution is 6.00. The molecule has 0 aliphatic carbocycles. The fraction of sp³-hybridized carbons (Fsp3) is 0.214. The van der Waals surface area contributed by atoms with Gasteiger partial charge in [0, 0.05) is 29.9 Å². The van der Waals surface area contributed by atoms with Crippen molar-refractivity contribution in [3.05, 3.63) is 83.9 Å². The lowest BCUT2D eigenvalue weighted by atomic mass is 10.1. The highest BCUT2D eigenvalue weighted by Gasteiger charge is 2.36. The molecule has 0 radical (unpaired) electrons. The molecule has 3 aromatic rings. The van der Waals surface area contributed by atoms with E-state index in [1.807, 2.05) is 31.2 Å². The molecular formula is C28H26N2O6. The van der Waals surface area contributed by atoms with E-state index in [0.717, 1.165) is 5.56 Å². The summed E-state index contributed by atoms with van der Waals surface area (Å²) in [6.07, 6.45) is 0.00271. The van der Waals surface area contributed by atoms with Crippen LogP contribution in [0.5, 0.6) is 11.5 Å². The number of rotatable bonds is 8. The van der Waals surface area contributed by atoms with Crippen molar-refractivity contribution in [3.8, 4) is 11.5 Å². The van der Waals surface area contributed by atoms with Gasteiger partial charge in [-0.2, -0.15) is 0 Å². The van der Waals surface area contributed by atoms with Crippen LogP contribution < -0.4 is 15.0 Å². The van der Waals surface area contributed by atoms with E-state index in [4.69, 9.17) is 9.47 Å². The van der Waals surface area contributed by atoms with Gasteiger partial charge in [-0.3, -0.25) is 19.2 Å². The summed E-state index contributed by atoms with van der Waals surface area (Å²) in [5, 5.41) is 2.59. The van der Waals surface area contributed by atoms with Crippen molar-refractivity contribution in [1.82, 2.24) is 0 Å². The zero-order valence-corrected chi connectivity index (χ0v) is 20.0. The van der Waals surface area contributed by atoms with Gasteiger partial charge in [0.05, 0.1) is 5.92 Å². The smallest absolute Gasteiger partial charge is 0.311 e. The maximum absolute atomic E-state index is 12.5. The standard InChI is InChI=1S/C28H26N2O6/c1-18-6-10-24(11-7-18)36-25-12-8-23(9-13-25)30-16-21(15-27(30)33)28(34)35-17-26(32)29-22-5-3-4-20(14-22)19(2)31/h3-14,21H,15-17H2,1-2H3,(H,29,32)/t21-/m1/s1. The Bertz CT molecular complexity index is 1280. The fourth-order valence-corrected chi connectivity index (χ4v) is 3.82. The van der Waals surface area contributed by atoms with Gasteiger partial charge < -0.3 is 19.7 Å². The van der Waals surface area contributed by atoms with Crippen molar-refractivity contribution >= 4 is 34.9 Å². The molecule has 1 aliphatic heterocycles. The highest BCUT2D eigenvalue weighted by atomic mass is 16.5. The molecule has 4 rings (SSSR count). The van der Waals surface area contributed by atoms with Gasteiger partial charge in [0.1, 0.15) is 11.5 Å². The molecule has 184 valence electrons. The monoisotopic (exact) mass is 486 g/mol. The van der Waals surface area contributed by atoms with Gasteiger partial charge in [0.2, 0.25) is 5.91 Å². The van der Waals surface area contributed by atoms with Gasteiger partial charge in [0.15, 0.2) is 12.4 Å². The average molecular weight is 487 g/mol. The summed E-state index contributed by atoms with van der Waals surface area (Å²) in [4.78, 5) is 50.2. The SMILES string of the molecule is CC(=O)c1cccc(NC(=O)COC(=O)[C@@H]2CC(=O)N(c3ccc(Oc4ccc(C)cc4)cc3)C2)c1. The second kappa shape index (κ2) is 10.9. The minimum Gasteiger partial charge on any atom is -0.457 e. The molecule has 2 amide bonds. The zero-order valence-electron chi connectivity index (χ0n) is 20.0. The number of carbonyl (C=O) groups excluding carboxylic acids is 4. The summed E-state index contributed by atoms with van der Waals surface area (Å²) in [7, 11) is 0. The van der Waals surface area contributed by atoms with Gasteiger partial charge in [0.25, 0.3) is 5.91 Å². The number of nitrogens with zero attached hydrogens (tertiary/aromatic N) is 1. The number of benzene rings is 3. The van der Waals surface area contributed by atoms with Crippen LogP contribution in [0.15, 0.2) is 72.8 Å². The lowest BCUT2D eigenvalue weighted by molar-refractivity contribution is -0.151. The molecule has 1 atom stereocenters. The van der Waals surface area contributed by atoms with E-state index in [1.165, 1.54) is 11.8 Å². The third-order valence-electron chi connectivity index (χ3n) is 5.76. The van der Waals surface area contributed by atoms with Crippen molar-refractivity contribution < 1.29 is 28.7 Å². The van der Waals surface area contributed by atoms with Crippen LogP contribution >= 0.6 is 0 Å². The second-order valence-electron chi connectivity index (χ2n) is 8.61. The number of carbonyl (C=O) groups is 4. The molecular weight excluding hydrogens is 460 g/mol. The van der Waals surface area contributed by atoms with E-state index >= 15 is 0 Å². The molecule has 3 aromatic carbocycles. The first-order valence-corrected chi connectivity index (χ1v) is 11.5. The van der Waals surface area contributed by atoms with Crippen molar-refractivity contribution in [2.24, 2.45) is 5.92 Å². The van der Waals surface area contributed by atoms with Crippen LogP contribution in [-0.4, -0.2) is 36.7 Å². The molecule has 0 spiro atoms. The van der Waals surface area contributed by atoms with Crippen molar-refractivity contribution in [1.29, 1.82) is 0 Å². The Labute approximate surface area is 208 Å². The maximum Gasteiger partial charge on any atom is 0.311 e. The molecule has 8 nitrogen and oxygen atoms in total. The molecule has 0 aromatic heterocycles. The molecule has 1 saturated heterocycles. The molecule has 1 N–H and O–H groups in total. The largest absolute Gasteiger partial charge is 0.457 e. The Morgan fingerprint density at radius 3 is 2.31 bits per heavy atom. The van der Waals surface area contributed by atoms with Crippen LogP contribution in [0.4, 0.5) is 11.4 Å². The Hall–Kier alpha value is -4.46. The van der Waals surface area contributed by atoms with E-state index in [9.17, 15) is 19.2 Å². The lowest BCUT2D eigenvalue weighted by Crippen LogP contribution is -2.28. The van der Waals surface area contributed by atoms with Crippen LogP contribution in [0.1, 0.15) is 29.3 Å². The normalized spacial score (nSPS) is 14.9. The number of esters is 1. The van der Waals surface area contributed by atoms with E-state index in [-0.39, 0.29) is 24.7 Å². The highest BCUT2D eigenvalue weighted by Crippen LogP contribution is 2.29. The number of aryl methyl sites for hydroxylation is 1. The minimum atomic E-state index is -0.671. The van der Waals surface area contributed by atoms with Crippen molar-refractivity contribution in [2.45, 2.75) is 20.3 Å². The molecule has 8 heteroatoms. The van der Waals surface area contributed by atoms with Crippen molar-refractivity contribution in [3.63, 3.8) is 0 Å². The van der Waals surface area contributed by atoms with Gasteiger partial charge in [-0.05, 0) is 62.4 Å². The molecule has 1 aliphatic rings. The van der Waals surface area contributed by atoms with E-state index in [2.05, 4.69) is 5.32 Å². The third kappa shape index (κ3) is 6.15. The second-order valence-corrected chi connectivity index (χ2v) is 8.61. The number of Topliss-reactive ketones (excluding diaryl/α,β-unsaturated/α-hetero) is 1. The Morgan fingerprint density at radius 2 is 1.64 bits per heavy atom. The number of ether oxygens (including phenoxy) is 2. The molecule has 1 fully saturated rings. The predicted octanol–water partition coefficient (Wildman–Crippen LogP) is 4.52. The number of hydrogen-bond acceptors (Lipinski definition) is 6. The third-order valence-corrected chi connectivity index (χ3v) is 5.76. The van der Waals surface area contributed by atoms with Gasteiger partial charge in [-0.25, -0.2) is 0 Å². The fourth-order valence-electron chi connectivity index (χ4n) is 3.82. The molecule has 36 heavy (non-hydrogen) atoms. The summed E-state index contributed by atoms with van der Waals surface area (Å²) < 4.78 is 11.0. The summed E-state index contributed by atoms with van der Waals surface area (Å²) in [6, 6.07) is 21.2. The first kappa shape index (κ1) is 24.7. The van der Waals surface area contributed by atoms with Crippen molar-refractivity contribution in [2.75, 3.05) is 23.4 Å². The van der Waals surface area contributed by atoms with Gasteiger partial charge in [-0.15, -0.1) is 0 Å². The first-order chi connectivity index (χ1) is 17.3. The topological polar surface area (TPSA) is 102 Å². The molecule has 1 heterocycles. The van der Waals surface area contributed by atoms with Crippen LogP contribution in [0, 0.1) is 12.8 Å². The first-order valence-electron chi connectivity index (χ1n) is 11.5. The van der Waals surface area contributed by atoms with Gasteiger partial charge >= 0.3 is 5.97 Å². The Morgan fingerprint density at radius 1 is 0.972 bits per heavy atom. The van der Waals surface area contributed by atoms with Crippen LogP contribution in [-0.2, 0) is 19.1 Å². The quantitative estimate of drug-likeness (QED) is 0.371. The number of amides is 2. The molecule has 0 unspecified atom stereocenters. The van der Waals surface area contributed by atoms with Crippen LogP contribution in [0.3, 0.4) is 0 Å². The summed E-state index contributed by atoms with van der Waals surface area (Å²) >= 11 is 0. The maximum atomic E-state index is 12.5. The van der Waals surface area contributed by atoms with Gasteiger partial charge in [-0.1, -0.05) is 29.8 Å². The van der Waals surface area contributed by atoms with Crippen LogP contribution in [0.2, 0.25) is 0 Å². The van der Waals surface area contributed by atoms with E-state index < -0.39 is 24.4 Å². The summed E-state index contributed by atoms with van der Waals surface area (Å²) in [6.45, 7) is 3.11. The van der Waals surface area contributed by atoms with E-state index in [0.29, 0.717) is 28.4 Å².